The number of fused-ring (bicyclic) bond motifs is 1. The Hall–Kier alpha value is -0.960. The Morgan fingerprint density at radius 3 is 3.00 bits per heavy atom. The quantitative estimate of drug-likeness (QED) is 0.762. The molecule has 2 rings (SSSR count). The molecule has 0 bridgehead atoms. The number of aromatic nitrogens is 2. The molecule has 0 amide bonds. The normalized spacial score (nSPS) is 13.3. The molecule has 0 aliphatic rings. The van der Waals surface area contributed by atoms with Gasteiger partial charge in [0.15, 0.2) is 0 Å². The van der Waals surface area contributed by atoms with Gasteiger partial charge in [0.2, 0.25) is 0 Å². The number of imidazole rings is 1. The Bertz CT molecular complexity index is 422. The first-order valence-electron chi connectivity index (χ1n) is 4.65. The van der Waals surface area contributed by atoms with E-state index in [1.54, 1.807) is 0 Å². The lowest BCUT2D eigenvalue weighted by molar-refractivity contribution is 0.587. The Morgan fingerprint density at radius 2 is 2.21 bits per heavy atom. The molecule has 0 aliphatic carbocycles. The first-order chi connectivity index (χ1) is 6.81. The standard InChI is InChI=1S/C11H13N2S/c1-9(7-14)6-13-8-12-10-4-2-3-5-11(10)13/h2-5,8-9,14H,1,6-7H2. The van der Waals surface area contributed by atoms with Gasteiger partial charge < -0.3 is 4.57 Å². The molecule has 1 unspecified atom stereocenters. The van der Waals surface area contributed by atoms with Crippen molar-refractivity contribution in [3.05, 3.63) is 37.5 Å². The zero-order valence-electron chi connectivity index (χ0n) is 7.93. The Morgan fingerprint density at radius 1 is 1.43 bits per heavy atom. The number of benzene rings is 1. The third kappa shape index (κ3) is 1.77. The topological polar surface area (TPSA) is 17.8 Å². The van der Waals surface area contributed by atoms with E-state index in [1.807, 2.05) is 24.5 Å². The highest BCUT2D eigenvalue weighted by atomic mass is 32.1. The van der Waals surface area contributed by atoms with Crippen LogP contribution in [-0.2, 0) is 6.54 Å². The molecule has 2 nitrogen and oxygen atoms in total. The van der Waals surface area contributed by atoms with Gasteiger partial charge in [-0.2, -0.15) is 12.6 Å². The summed E-state index contributed by atoms with van der Waals surface area (Å²) in [5, 5.41) is 0. The van der Waals surface area contributed by atoms with Crippen molar-refractivity contribution in [3.8, 4) is 0 Å². The summed E-state index contributed by atoms with van der Waals surface area (Å²) in [4.78, 5) is 4.32. The van der Waals surface area contributed by atoms with Crippen LogP contribution in [0.3, 0.4) is 0 Å². The molecule has 1 aromatic carbocycles. The average molecular weight is 205 g/mol. The van der Waals surface area contributed by atoms with E-state index in [2.05, 4.69) is 35.2 Å². The van der Waals surface area contributed by atoms with Gasteiger partial charge in [-0.05, 0) is 30.7 Å². The van der Waals surface area contributed by atoms with Crippen LogP contribution >= 0.6 is 12.6 Å². The summed E-state index contributed by atoms with van der Waals surface area (Å²) in [5.74, 6) is 1.13. The summed E-state index contributed by atoms with van der Waals surface area (Å²) in [6.07, 6.45) is 1.87. The fraction of sp³-hybridized carbons (Fsp3) is 0.273. The summed E-state index contributed by atoms with van der Waals surface area (Å²) in [6, 6.07) is 8.12. The SMILES string of the molecule is [CH2]C(CS)Cn1cnc2ccccc21. The molecule has 1 atom stereocenters. The molecule has 0 saturated heterocycles. The van der Waals surface area contributed by atoms with Gasteiger partial charge in [0, 0.05) is 6.54 Å². The summed E-state index contributed by atoms with van der Waals surface area (Å²) < 4.78 is 2.13. The Balaban J connectivity index is 2.33. The molecule has 1 radical (unpaired) electrons. The van der Waals surface area contributed by atoms with Gasteiger partial charge in [-0.1, -0.05) is 12.1 Å². The molecular formula is C11H13N2S. The van der Waals surface area contributed by atoms with E-state index >= 15 is 0 Å². The minimum atomic E-state index is 0.330. The van der Waals surface area contributed by atoms with E-state index < -0.39 is 0 Å². The van der Waals surface area contributed by atoms with Crippen molar-refractivity contribution in [2.75, 3.05) is 5.75 Å². The summed E-state index contributed by atoms with van der Waals surface area (Å²) in [5.41, 5.74) is 2.21. The monoisotopic (exact) mass is 205 g/mol. The van der Waals surface area contributed by atoms with Crippen LogP contribution < -0.4 is 0 Å². The predicted octanol–water partition coefficient (Wildman–Crippen LogP) is 2.42. The number of para-hydroxylation sites is 2. The van der Waals surface area contributed by atoms with E-state index in [-0.39, 0.29) is 0 Å². The number of hydrogen-bond acceptors (Lipinski definition) is 2. The number of thiol groups is 1. The molecule has 14 heavy (non-hydrogen) atoms. The van der Waals surface area contributed by atoms with Gasteiger partial charge in [0.05, 0.1) is 17.4 Å². The highest BCUT2D eigenvalue weighted by Gasteiger charge is 2.04. The fourth-order valence-electron chi connectivity index (χ4n) is 1.49. The van der Waals surface area contributed by atoms with Gasteiger partial charge >= 0.3 is 0 Å². The van der Waals surface area contributed by atoms with Crippen molar-refractivity contribution < 1.29 is 0 Å². The Labute approximate surface area is 89.4 Å². The number of nitrogens with zero attached hydrogens (tertiary/aromatic N) is 2. The molecule has 73 valence electrons. The minimum Gasteiger partial charge on any atom is -0.330 e. The van der Waals surface area contributed by atoms with Crippen LogP contribution in [-0.4, -0.2) is 15.3 Å². The number of hydrogen-bond donors (Lipinski definition) is 1. The maximum absolute atomic E-state index is 4.32. The molecule has 0 N–H and O–H groups in total. The van der Waals surface area contributed by atoms with Gasteiger partial charge in [0.1, 0.15) is 0 Å². The Kier molecular flexibility index (Phi) is 2.77. The molecule has 2 aromatic rings. The van der Waals surface area contributed by atoms with Gasteiger partial charge in [0.25, 0.3) is 0 Å². The van der Waals surface area contributed by atoms with Crippen molar-refractivity contribution in [3.63, 3.8) is 0 Å². The molecule has 0 spiro atoms. The van der Waals surface area contributed by atoms with Crippen LogP contribution in [0, 0.1) is 12.8 Å². The van der Waals surface area contributed by atoms with Crippen molar-refractivity contribution in [2.24, 2.45) is 5.92 Å². The lowest BCUT2D eigenvalue weighted by Crippen LogP contribution is -2.07. The molecule has 0 aliphatic heterocycles. The van der Waals surface area contributed by atoms with Gasteiger partial charge in [-0.3, -0.25) is 0 Å². The first kappa shape index (κ1) is 9.59. The van der Waals surface area contributed by atoms with Crippen LogP contribution in [0.5, 0.6) is 0 Å². The average Bonchev–Trinajstić information content (AvgIpc) is 2.62. The van der Waals surface area contributed by atoms with E-state index in [9.17, 15) is 0 Å². The van der Waals surface area contributed by atoms with Crippen LogP contribution in [0.25, 0.3) is 11.0 Å². The summed E-state index contributed by atoms with van der Waals surface area (Å²) in [6.45, 7) is 4.89. The highest BCUT2D eigenvalue weighted by Crippen LogP contribution is 2.13. The molecular weight excluding hydrogens is 192 g/mol. The molecule has 0 saturated carbocycles. The summed E-state index contributed by atoms with van der Waals surface area (Å²) in [7, 11) is 0. The lowest BCUT2D eigenvalue weighted by Gasteiger charge is -2.09. The predicted molar refractivity (Wildman–Crippen MR) is 62.4 cm³/mol. The van der Waals surface area contributed by atoms with Crippen LogP contribution in [0.2, 0.25) is 0 Å². The van der Waals surface area contributed by atoms with Crippen LogP contribution in [0.4, 0.5) is 0 Å². The molecule has 0 fully saturated rings. The molecule has 1 aromatic heterocycles. The lowest BCUT2D eigenvalue weighted by atomic mass is 10.2. The largest absolute Gasteiger partial charge is 0.330 e. The minimum absolute atomic E-state index is 0.330. The fourth-order valence-corrected chi connectivity index (χ4v) is 1.61. The highest BCUT2D eigenvalue weighted by molar-refractivity contribution is 7.80. The number of rotatable bonds is 3. The third-order valence-electron chi connectivity index (χ3n) is 2.24. The van der Waals surface area contributed by atoms with Crippen LogP contribution in [0.1, 0.15) is 0 Å². The van der Waals surface area contributed by atoms with Crippen LogP contribution in [0.15, 0.2) is 30.6 Å². The first-order valence-corrected chi connectivity index (χ1v) is 5.28. The second-order valence-corrected chi connectivity index (χ2v) is 3.80. The van der Waals surface area contributed by atoms with Gasteiger partial charge in [-0.25, -0.2) is 4.98 Å². The maximum Gasteiger partial charge on any atom is 0.0958 e. The molecule has 1 heterocycles. The smallest absolute Gasteiger partial charge is 0.0958 e. The molecule has 3 heteroatoms. The summed E-state index contributed by atoms with van der Waals surface area (Å²) >= 11 is 4.22. The van der Waals surface area contributed by atoms with Gasteiger partial charge in [-0.15, -0.1) is 0 Å². The second kappa shape index (κ2) is 4.05. The zero-order valence-corrected chi connectivity index (χ0v) is 8.82. The van der Waals surface area contributed by atoms with E-state index in [1.165, 1.54) is 5.52 Å². The van der Waals surface area contributed by atoms with Crippen molar-refractivity contribution in [2.45, 2.75) is 6.54 Å². The zero-order chi connectivity index (χ0) is 9.97. The van der Waals surface area contributed by atoms with E-state index in [0.717, 1.165) is 17.8 Å². The van der Waals surface area contributed by atoms with E-state index in [0.29, 0.717) is 5.92 Å². The van der Waals surface area contributed by atoms with Crippen molar-refractivity contribution in [1.82, 2.24) is 9.55 Å². The van der Waals surface area contributed by atoms with Crippen molar-refractivity contribution >= 4 is 23.7 Å². The second-order valence-electron chi connectivity index (χ2n) is 3.43. The van der Waals surface area contributed by atoms with Crippen molar-refractivity contribution in [1.29, 1.82) is 0 Å². The maximum atomic E-state index is 4.32. The third-order valence-corrected chi connectivity index (χ3v) is 2.76. The van der Waals surface area contributed by atoms with E-state index in [4.69, 9.17) is 0 Å².